The fourth-order valence-electron chi connectivity index (χ4n) is 2.70. The van der Waals surface area contributed by atoms with Gasteiger partial charge in [-0.2, -0.15) is 0 Å². The Balaban J connectivity index is 0.00000200. The number of halogens is 1. The van der Waals surface area contributed by atoms with Crippen molar-refractivity contribution in [2.75, 3.05) is 26.7 Å². The van der Waals surface area contributed by atoms with Crippen LogP contribution < -0.4 is 5.32 Å². The summed E-state index contributed by atoms with van der Waals surface area (Å²) >= 11 is 0. The van der Waals surface area contributed by atoms with Crippen LogP contribution in [-0.2, 0) is 6.54 Å². The molecule has 0 radical (unpaired) electrons. The molecule has 0 aromatic heterocycles. The second-order valence-corrected chi connectivity index (χ2v) is 5.29. The van der Waals surface area contributed by atoms with Crippen molar-refractivity contribution in [3.63, 3.8) is 0 Å². The molecule has 1 heterocycles. The summed E-state index contributed by atoms with van der Waals surface area (Å²) in [6.07, 6.45) is 2.47. The average molecular weight is 300 g/mol. The van der Waals surface area contributed by atoms with Gasteiger partial charge < -0.3 is 10.2 Å². The first-order valence-electron chi connectivity index (χ1n) is 6.78. The van der Waals surface area contributed by atoms with Crippen LogP contribution in [0.25, 0.3) is 0 Å². The highest BCUT2D eigenvalue weighted by Crippen LogP contribution is 2.20. The summed E-state index contributed by atoms with van der Waals surface area (Å²) in [4.78, 5) is 12.9. The summed E-state index contributed by atoms with van der Waals surface area (Å²) in [5.41, 5.74) is 1.01. The van der Waals surface area contributed by atoms with E-state index >= 15 is 0 Å². The fourth-order valence-corrected chi connectivity index (χ4v) is 2.70. The Kier molecular flexibility index (Phi) is 6.91. The largest absolute Gasteiger partial charge is 0.316 e. The van der Waals surface area contributed by atoms with Crippen molar-refractivity contribution >= 4 is 18.1 Å². The second-order valence-electron chi connectivity index (χ2n) is 5.29. The van der Waals surface area contributed by atoms with Gasteiger partial charge in [-0.1, -0.05) is 18.2 Å². The Morgan fingerprint density at radius 1 is 1.45 bits per heavy atom. The number of para-hydroxylation sites is 1. The van der Waals surface area contributed by atoms with Crippen LogP contribution in [0.15, 0.2) is 24.3 Å². The lowest BCUT2D eigenvalue weighted by molar-refractivity contribution is -0.385. The van der Waals surface area contributed by atoms with Gasteiger partial charge in [0.25, 0.3) is 5.69 Å². The van der Waals surface area contributed by atoms with Crippen LogP contribution in [0, 0.1) is 16.0 Å². The van der Waals surface area contributed by atoms with E-state index in [-0.39, 0.29) is 23.0 Å². The van der Waals surface area contributed by atoms with Crippen molar-refractivity contribution in [1.29, 1.82) is 0 Å². The maximum absolute atomic E-state index is 11.0. The molecule has 0 saturated carbocycles. The Morgan fingerprint density at radius 2 is 2.20 bits per heavy atom. The molecule has 20 heavy (non-hydrogen) atoms. The molecule has 6 heteroatoms. The molecule has 0 bridgehead atoms. The minimum atomic E-state index is -0.300. The molecule has 1 atom stereocenters. The standard InChI is InChI=1S/C14H21N3O2.ClH/c1-16(10-12-5-4-8-15-9-12)11-13-6-2-3-7-14(13)17(18)19;/h2-3,6-7,12,15H,4-5,8-11H2,1H3;1H. The van der Waals surface area contributed by atoms with Gasteiger partial charge in [-0.25, -0.2) is 0 Å². The molecule has 1 fully saturated rings. The van der Waals surface area contributed by atoms with E-state index in [1.165, 1.54) is 12.8 Å². The van der Waals surface area contributed by atoms with Crippen molar-refractivity contribution in [3.8, 4) is 0 Å². The second kappa shape index (κ2) is 8.19. The van der Waals surface area contributed by atoms with E-state index in [9.17, 15) is 10.1 Å². The van der Waals surface area contributed by atoms with Crippen molar-refractivity contribution in [3.05, 3.63) is 39.9 Å². The van der Waals surface area contributed by atoms with E-state index < -0.39 is 0 Å². The minimum absolute atomic E-state index is 0. The number of benzene rings is 1. The van der Waals surface area contributed by atoms with Crippen LogP contribution in [0.1, 0.15) is 18.4 Å². The molecule has 2 rings (SSSR count). The third kappa shape index (κ3) is 4.74. The van der Waals surface area contributed by atoms with Gasteiger partial charge in [0.2, 0.25) is 0 Å². The molecular weight excluding hydrogens is 278 g/mol. The number of nitro groups is 1. The third-order valence-electron chi connectivity index (χ3n) is 3.60. The van der Waals surface area contributed by atoms with Gasteiger partial charge in [-0.05, 0) is 38.9 Å². The number of nitrogens with zero attached hydrogens (tertiary/aromatic N) is 2. The van der Waals surface area contributed by atoms with E-state index in [1.54, 1.807) is 12.1 Å². The quantitative estimate of drug-likeness (QED) is 0.670. The van der Waals surface area contributed by atoms with Crippen LogP contribution in [0.2, 0.25) is 0 Å². The van der Waals surface area contributed by atoms with Crippen LogP contribution in [-0.4, -0.2) is 36.5 Å². The lowest BCUT2D eigenvalue weighted by atomic mass is 9.99. The first-order chi connectivity index (χ1) is 9.16. The Hall–Kier alpha value is -1.17. The molecule has 1 aliphatic rings. The number of hydrogen-bond acceptors (Lipinski definition) is 4. The number of hydrogen-bond donors (Lipinski definition) is 1. The van der Waals surface area contributed by atoms with Gasteiger partial charge in [0.15, 0.2) is 0 Å². The molecule has 0 aliphatic carbocycles. The van der Waals surface area contributed by atoms with Gasteiger partial charge in [0.1, 0.15) is 0 Å². The van der Waals surface area contributed by atoms with Crippen LogP contribution >= 0.6 is 12.4 Å². The summed E-state index contributed by atoms with van der Waals surface area (Å²) in [6.45, 7) is 3.79. The molecule has 1 aliphatic heterocycles. The van der Waals surface area contributed by atoms with E-state index in [1.807, 2.05) is 19.2 Å². The zero-order valence-corrected chi connectivity index (χ0v) is 12.6. The van der Waals surface area contributed by atoms with Crippen molar-refractivity contribution in [1.82, 2.24) is 10.2 Å². The molecule has 1 N–H and O–H groups in total. The zero-order valence-electron chi connectivity index (χ0n) is 11.7. The normalized spacial score (nSPS) is 18.6. The first-order valence-corrected chi connectivity index (χ1v) is 6.78. The van der Waals surface area contributed by atoms with Crippen LogP contribution in [0.3, 0.4) is 0 Å². The van der Waals surface area contributed by atoms with Gasteiger partial charge in [-0.15, -0.1) is 12.4 Å². The lowest BCUT2D eigenvalue weighted by Gasteiger charge is -2.27. The monoisotopic (exact) mass is 299 g/mol. The lowest BCUT2D eigenvalue weighted by Crippen LogP contribution is -2.36. The van der Waals surface area contributed by atoms with Gasteiger partial charge in [0.05, 0.1) is 4.92 Å². The molecule has 1 aromatic rings. The minimum Gasteiger partial charge on any atom is -0.316 e. The number of nitro benzene ring substituents is 1. The van der Waals surface area contributed by atoms with E-state index in [0.717, 1.165) is 25.2 Å². The summed E-state index contributed by atoms with van der Waals surface area (Å²) in [7, 11) is 2.03. The number of nitrogens with one attached hydrogen (secondary N) is 1. The van der Waals surface area contributed by atoms with Crippen molar-refractivity contribution in [2.24, 2.45) is 5.92 Å². The SMILES string of the molecule is CN(Cc1ccccc1[N+](=O)[O-])CC1CCCNC1.Cl. The van der Waals surface area contributed by atoms with E-state index in [2.05, 4.69) is 10.2 Å². The summed E-state index contributed by atoms with van der Waals surface area (Å²) in [5, 5.41) is 14.4. The van der Waals surface area contributed by atoms with Gasteiger partial charge in [0, 0.05) is 24.7 Å². The van der Waals surface area contributed by atoms with E-state index in [4.69, 9.17) is 0 Å². The van der Waals surface area contributed by atoms with E-state index in [0.29, 0.717) is 12.5 Å². The molecule has 1 unspecified atom stereocenters. The summed E-state index contributed by atoms with van der Waals surface area (Å²) < 4.78 is 0. The maximum Gasteiger partial charge on any atom is 0.273 e. The molecule has 1 aromatic carbocycles. The van der Waals surface area contributed by atoms with Crippen LogP contribution in [0.4, 0.5) is 5.69 Å². The highest BCUT2D eigenvalue weighted by molar-refractivity contribution is 5.85. The predicted octanol–water partition coefficient (Wildman–Crippen LogP) is 2.45. The maximum atomic E-state index is 11.0. The molecule has 5 nitrogen and oxygen atoms in total. The first kappa shape index (κ1) is 16.9. The highest BCUT2D eigenvalue weighted by Gasteiger charge is 2.18. The number of piperidine rings is 1. The molecule has 0 spiro atoms. The molecular formula is C14H22ClN3O2. The van der Waals surface area contributed by atoms with Crippen LogP contribution in [0.5, 0.6) is 0 Å². The van der Waals surface area contributed by atoms with Crippen molar-refractivity contribution in [2.45, 2.75) is 19.4 Å². The molecule has 0 amide bonds. The van der Waals surface area contributed by atoms with Gasteiger partial charge in [-0.3, -0.25) is 10.1 Å². The number of rotatable bonds is 5. The Labute approximate surface area is 125 Å². The Bertz CT molecular complexity index is 436. The average Bonchev–Trinajstić information content (AvgIpc) is 2.40. The molecule has 1 saturated heterocycles. The smallest absolute Gasteiger partial charge is 0.273 e. The zero-order chi connectivity index (χ0) is 13.7. The van der Waals surface area contributed by atoms with Crippen molar-refractivity contribution < 1.29 is 4.92 Å². The summed E-state index contributed by atoms with van der Waals surface area (Å²) in [6, 6.07) is 6.99. The third-order valence-corrected chi connectivity index (χ3v) is 3.60. The van der Waals surface area contributed by atoms with Gasteiger partial charge >= 0.3 is 0 Å². The topological polar surface area (TPSA) is 58.4 Å². The highest BCUT2D eigenvalue weighted by atomic mass is 35.5. The summed E-state index contributed by atoms with van der Waals surface area (Å²) in [5.74, 6) is 0.654. The molecule has 112 valence electrons. The fraction of sp³-hybridized carbons (Fsp3) is 0.571. The Morgan fingerprint density at radius 3 is 2.85 bits per heavy atom. The predicted molar refractivity (Wildman–Crippen MR) is 82.3 cm³/mol.